The van der Waals surface area contributed by atoms with Gasteiger partial charge in [-0.2, -0.15) is 5.26 Å². The molecule has 3 aromatic carbocycles. The van der Waals surface area contributed by atoms with Gasteiger partial charge in [0.1, 0.15) is 28.9 Å². The second-order valence-electron chi connectivity index (χ2n) is 10.3. The molecule has 9 nitrogen and oxygen atoms in total. The van der Waals surface area contributed by atoms with Crippen LogP contribution in [0.2, 0.25) is 5.02 Å². The van der Waals surface area contributed by atoms with Gasteiger partial charge in [0.25, 0.3) is 5.69 Å². The lowest BCUT2D eigenvalue weighted by molar-refractivity contribution is -0.384. The molecule has 0 fully saturated rings. The SMILES string of the molecule is COc1ccc(OCc2cc(C)cc(C3C(C#N)=C(N)N(c4ccc(Cl)c([N+](=O)[O-])c4)C4=C3C(=O)CCC4)c2C)cc1. The Morgan fingerprint density at radius 3 is 2.50 bits per heavy atom. The van der Waals surface area contributed by atoms with Crippen molar-refractivity contribution < 1.29 is 19.2 Å². The van der Waals surface area contributed by atoms with Gasteiger partial charge in [-0.15, -0.1) is 0 Å². The summed E-state index contributed by atoms with van der Waals surface area (Å²) in [6.45, 7) is 4.19. The van der Waals surface area contributed by atoms with Gasteiger partial charge in [0, 0.05) is 23.8 Å². The fraction of sp³-hybridized carbons (Fsp3) is 0.250. The largest absolute Gasteiger partial charge is 0.497 e. The van der Waals surface area contributed by atoms with Crippen molar-refractivity contribution >= 4 is 28.8 Å². The van der Waals surface area contributed by atoms with E-state index in [1.807, 2.05) is 50.2 Å². The number of rotatable bonds is 7. The van der Waals surface area contributed by atoms with Crippen molar-refractivity contribution in [3.8, 4) is 17.6 Å². The highest BCUT2D eigenvalue weighted by Gasteiger charge is 2.41. The van der Waals surface area contributed by atoms with E-state index in [0.29, 0.717) is 42.0 Å². The minimum absolute atomic E-state index is 0.0182. The first-order valence-electron chi connectivity index (χ1n) is 13.4. The number of Topliss-reactive ketones (excluding diaryl/α,β-unsaturated/α-hetero) is 1. The van der Waals surface area contributed by atoms with Gasteiger partial charge in [-0.05, 0) is 79.8 Å². The van der Waals surface area contributed by atoms with Crippen molar-refractivity contribution in [2.24, 2.45) is 5.73 Å². The zero-order valence-corrected chi connectivity index (χ0v) is 24.2. The molecular weight excluding hydrogens is 556 g/mol. The van der Waals surface area contributed by atoms with Gasteiger partial charge in [-0.25, -0.2) is 0 Å². The number of halogens is 1. The number of hydrogen-bond donors (Lipinski definition) is 1. The number of allylic oxidation sites excluding steroid dienone is 3. The van der Waals surface area contributed by atoms with Crippen molar-refractivity contribution in [3.63, 3.8) is 0 Å². The summed E-state index contributed by atoms with van der Waals surface area (Å²) in [5, 5.41) is 22.0. The lowest BCUT2D eigenvalue weighted by Gasteiger charge is -2.40. The number of benzene rings is 3. The Morgan fingerprint density at radius 1 is 1.12 bits per heavy atom. The Hall–Kier alpha value is -4.81. The summed E-state index contributed by atoms with van der Waals surface area (Å²) in [5.41, 5.74) is 11.7. The van der Waals surface area contributed by atoms with Crippen LogP contribution in [0.1, 0.15) is 47.4 Å². The number of aryl methyl sites for hydroxylation is 1. The summed E-state index contributed by atoms with van der Waals surface area (Å²) in [6.07, 6.45) is 1.45. The number of nitrogens with two attached hydrogens (primary N) is 1. The maximum atomic E-state index is 13.6. The minimum Gasteiger partial charge on any atom is -0.497 e. The lowest BCUT2D eigenvalue weighted by Crippen LogP contribution is -2.39. The molecule has 1 aliphatic carbocycles. The Kier molecular flexibility index (Phi) is 7.92. The monoisotopic (exact) mass is 584 g/mol. The molecule has 0 amide bonds. The van der Waals surface area contributed by atoms with Crippen LogP contribution in [-0.4, -0.2) is 17.8 Å². The average molecular weight is 585 g/mol. The van der Waals surface area contributed by atoms with E-state index >= 15 is 0 Å². The summed E-state index contributed by atoms with van der Waals surface area (Å²) >= 11 is 6.07. The predicted molar refractivity (Wildman–Crippen MR) is 159 cm³/mol. The van der Waals surface area contributed by atoms with Crippen LogP contribution in [0.5, 0.6) is 11.5 Å². The van der Waals surface area contributed by atoms with E-state index in [1.165, 1.54) is 12.1 Å². The van der Waals surface area contributed by atoms with Crippen LogP contribution in [0.15, 0.2) is 77.3 Å². The highest BCUT2D eigenvalue weighted by atomic mass is 35.5. The number of carbonyl (C=O) groups excluding carboxylic acids is 1. The molecular formula is C32H29ClN4O5. The number of anilines is 1. The zero-order valence-electron chi connectivity index (χ0n) is 23.4. The minimum atomic E-state index is -0.684. The Labute approximate surface area is 248 Å². The molecule has 0 bridgehead atoms. The molecule has 214 valence electrons. The van der Waals surface area contributed by atoms with E-state index in [1.54, 1.807) is 18.1 Å². The lowest BCUT2D eigenvalue weighted by atomic mass is 9.73. The summed E-state index contributed by atoms with van der Waals surface area (Å²) in [4.78, 5) is 26.3. The molecule has 42 heavy (non-hydrogen) atoms. The molecule has 3 aromatic rings. The standard InChI is InChI=1S/C32H29ClN4O5/c1-18-13-20(17-42-23-10-8-22(41-3)9-11-23)19(2)24(14-18)30-25(16-34)32(35)36(27-5-4-6-29(38)31(27)30)21-7-12-26(33)28(15-21)37(39)40/h7-15,30H,4-6,17,35H2,1-3H3. The number of nitrogens with zero attached hydrogens (tertiary/aromatic N) is 3. The fourth-order valence-electron chi connectivity index (χ4n) is 5.72. The summed E-state index contributed by atoms with van der Waals surface area (Å²) in [5.74, 6) is 0.774. The molecule has 0 radical (unpaired) electrons. The average Bonchev–Trinajstić information content (AvgIpc) is 2.97. The number of nitro groups is 1. The smallest absolute Gasteiger partial charge is 0.289 e. The molecule has 0 aromatic heterocycles. The third kappa shape index (κ3) is 5.17. The van der Waals surface area contributed by atoms with E-state index in [-0.39, 0.29) is 34.5 Å². The first-order valence-corrected chi connectivity index (χ1v) is 13.8. The normalized spacial score (nSPS) is 16.7. The molecule has 1 heterocycles. The molecule has 1 unspecified atom stereocenters. The van der Waals surface area contributed by atoms with E-state index in [2.05, 4.69) is 6.07 Å². The number of ether oxygens (including phenoxy) is 2. The van der Waals surface area contributed by atoms with Crippen LogP contribution in [0.4, 0.5) is 11.4 Å². The number of nitro benzene ring substituents is 1. The number of nitriles is 1. The van der Waals surface area contributed by atoms with Crippen LogP contribution in [0, 0.1) is 35.3 Å². The molecule has 1 aliphatic heterocycles. The van der Waals surface area contributed by atoms with Gasteiger partial charge < -0.3 is 15.2 Å². The van der Waals surface area contributed by atoms with Gasteiger partial charge in [-0.1, -0.05) is 29.3 Å². The molecule has 0 saturated heterocycles. The van der Waals surface area contributed by atoms with Gasteiger partial charge in [-0.3, -0.25) is 19.8 Å². The summed E-state index contributed by atoms with van der Waals surface area (Å²) in [6, 6.07) is 17.9. The highest BCUT2D eigenvalue weighted by molar-refractivity contribution is 6.32. The quantitative estimate of drug-likeness (QED) is 0.238. The van der Waals surface area contributed by atoms with Crippen molar-refractivity contribution in [3.05, 3.63) is 115 Å². The van der Waals surface area contributed by atoms with Crippen LogP contribution in [0.25, 0.3) is 0 Å². The summed E-state index contributed by atoms with van der Waals surface area (Å²) in [7, 11) is 1.60. The first-order chi connectivity index (χ1) is 20.1. The van der Waals surface area contributed by atoms with Gasteiger partial charge >= 0.3 is 0 Å². The van der Waals surface area contributed by atoms with Crippen molar-refractivity contribution in [2.75, 3.05) is 12.0 Å². The maximum Gasteiger partial charge on any atom is 0.289 e. The van der Waals surface area contributed by atoms with Gasteiger partial charge in [0.05, 0.1) is 35.3 Å². The van der Waals surface area contributed by atoms with Crippen LogP contribution >= 0.6 is 11.6 Å². The van der Waals surface area contributed by atoms with Crippen LogP contribution in [0.3, 0.4) is 0 Å². The Bertz CT molecular complexity index is 1700. The third-order valence-corrected chi connectivity index (χ3v) is 8.08. The highest BCUT2D eigenvalue weighted by Crippen LogP contribution is 2.48. The topological polar surface area (TPSA) is 132 Å². The van der Waals surface area contributed by atoms with E-state index in [4.69, 9.17) is 26.8 Å². The molecule has 2 N–H and O–H groups in total. The van der Waals surface area contributed by atoms with Crippen molar-refractivity contribution in [1.29, 1.82) is 5.26 Å². The Morgan fingerprint density at radius 2 is 1.83 bits per heavy atom. The van der Waals surface area contributed by atoms with Crippen molar-refractivity contribution in [2.45, 2.75) is 45.6 Å². The fourth-order valence-corrected chi connectivity index (χ4v) is 5.91. The molecule has 2 aliphatic rings. The zero-order chi connectivity index (χ0) is 30.1. The second kappa shape index (κ2) is 11.6. The number of carbonyl (C=O) groups is 1. The maximum absolute atomic E-state index is 13.6. The van der Waals surface area contributed by atoms with Crippen LogP contribution < -0.4 is 20.1 Å². The van der Waals surface area contributed by atoms with E-state index < -0.39 is 10.8 Å². The molecule has 0 spiro atoms. The van der Waals surface area contributed by atoms with Gasteiger partial charge in [0.15, 0.2) is 5.78 Å². The third-order valence-electron chi connectivity index (χ3n) is 7.76. The van der Waals surface area contributed by atoms with Gasteiger partial charge in [0.2, 0.25) is 0 Å². The molecule has 1 atom stereocenters. The number of ketones is 1. The summed E-state index contributed by atoms with van der Waals surface area (Å²) < 4.78 is 11.3. The number of methoxy groups -OCH3 is 1. The molecule has 10 heteroatoms. The first kappa shape index (κ1) is 28.7. The number of hydrogen-bond acceptors (Lipinski definition) is 8. The van der Waals surface area contributed by atoms with Crippen LogP contribution in [-0.2, 0) is 11.4 Å². The molecule has 0 saturated carbocycles. The Balaban J connectivity index is 1.62. The van der Waals surface area contributed by atoms with E-state index in [0.717, 1.165) is 28.0 Å². The molecule has 5 rings (SSSR count). The van der Waals surface area contributed by atoms with E-state index in [9.17, 15) is 20.2 Å². The second-order valence-corrected chi connectivity index (χ2v) is 10.7. The van der Waals surface area contributed by atoms with Crippen molar-refractivity contribution in [1.82, 2.24) is 0 Å². The predicted octanol–water partition coefficient (Wildman–Crippen LogP) is 6.76.